The van der Waals surface area contributed by atoms with Gasteiger partial charge in [-0.1, -0.05) is 29.8 Å². The molecule has 142 valence electrons. The molecule has 3 aromatic rings. The molecule has 0 radical (unpaired) electrons. The lowest BCUT2D eigenvalue weighted by molar-refractivity contribution is -0.385. The Morgan fingerprint density at radius 3 is 2.54 bits per heavy atom. The summed E-state index contributed by atoms with van der Waals surface area (Å²) < 4.78 is 19.1. The fourth-order valence-electron chi connectivity index (χ4n) is 2.24. The maximum Gasteiger partial charge on any atom is 0.374 e. The number of nitrogens with one attached hydrogen (secondary N) is 2. The van der Waals surface area contributed by atoms with Crippen molar-refractivity contribution in [2.24, 2.45) is 0 Å². The van der Waals surface area contributed by atoms with Gasteiger partial charge in [-0.15, -0.1) is 0 Å². The van der Waals surface area contributed by atoms with Gasteiger partial charge in [0.1, 0.15) is 17.9 Å². The number of ether oxygens (including phenoxy) is 1. The zero-order valence-electron chi connectivity index (χ0n) is 14.5. The van der Waals surface area contributed by atoms with Crippen molar-refractivity contribution in [3.8, 4) is 11.6 Å². The number of aryl methyl sites for hydroxylation is 1. The quantitative estimate of drug-likeness (QED) is 0.495. The normalized spacial score (nSPS) is 10.2. The first-order valence-electron chi connectivity index (χ1n) is 8.00. The van der Waals surface area contributed by atoms with Gasteiger partial charge >= 0.3 is 11.6 Å². The van der Waals surface area contributed by atoms with Crippen LogP contribution in [0.2, 0.25) is 0 Å². The highest BCUT2D eigenvalue weighted by Crippen LogP contribution is 2.33. The van der Waals surface area contributed by atoms with Crippen molar-refractivity contribution in [1.82, 2.24) is 15.4 Å². The third kappa shape index (κ3) is 4.18. The molecule has 1 amide bonds. The molecule has 0 unspecified atom stereocenters. The van der Waals surface area contributed by atoms with Gasteiger partial charge in [-0.25, -0.2) is 9.37 Å². The van der Waals surface area contributed by atoms with Gasteiger partial charge in [-0.05, 0) is 31.2 Å². The molecule has 3 rings (SSSR count). The molecule has 0 saturated carbocycles. The number of halogens is 1. The summed E-state index contributed by atoms with van der Waals surface area (Å²) >= 11 is 0. The van der Waals surface area contributed by atoms with Crippen LogP contribution in [0, 0.1) is 22.9 Å². The van der Waals surface area contributed by atoms with E-state index >= 15 is 0 Å². The summed E-state index contributed by atoms with van der Waals surface area (Å²) in [6.45, 7) is 1.89. The van der Waals surface area contributed by atoms with Crippen molar-refractivity contribution in [3.05, 3.63) is 81.9 Å². The molecule has 0 aliphatic rings. The highest BCUT2D eigenvalue weighted by Gasteiger charge is 2.25. The van der Waals surface area contributed by atoms with Gasteiger partial charge in [0.2, 0.25) is 5.82 Å². The van der Waals surface area contributed by atoms with Crippen LogP contribution >= 0.6 is 0 Å². The first kappa shape index (κ1) is 18.7. The van der Waals surface area contributed by atoms with Gasteiger partial charge < -0.3 is 4.74 Å². The maximum atomic E-state index is 13.7. The Labute approximate surface area is 158 Å². The minimum absolute atomic E-state index is 0.233. The molecule has 0 fully saturated rings. The first-order chi connectivity index (χ1) is 13.5. The van der Waals surface area contributed by atoms with Crippen LogP contribution in [0.5, 0.6) is 11.6 Å². The van der Waals surface area contributed by atoms with E-state index in [-0.39, 0.29) is 17.3 Å². The van der Waals surface area contributed by atoms with Crippen molar-refractivity contribution < 1.29 is 18.8 Å². The predicted molar refractivity (Wildman–Crippen MR) is 97.4 cm³/mol. The van der Waals surface area contributed by atoms with E-state index in [0.29, 0.717) is 5.75 Å². The van der Waals surface area contributed by atoms with E-state index in [9.17, 15) is 19.3 Å². The molecule has 0 spiro atoms. The van der Waals surface area contributed by atoms with Crippen LogP contribution in [0.3, 0.4) is 0 Å². The Morgan fingerprint density at radius 1 is 1.14 bits per heavy atom. The molecule has 10 heteroatoms. The second-order valence-corrected chi connectivity index (χ2v) is 5.61. The van der Waals surface area contributed by atoms with Crippen LogP contribution in [-0.4, -0.2) is 20.8 Å². The number of hydrogen-bond donors (Lipinski definition) is 2. The molecule has 1 heterocycles. The van der Waals surface area contributed by atoms with Gasteiger partial charge in [0.15, 0.2) is 0 Å². The summed E-state index contributed by atoms with van der Waals surface area (Å²) in [6, 6.07) is 12.1. The number of carbonyl (C=O) groups excluding carboxylic acids is 1. The zero-order valence-corrected chi connectivity index (χ0v) is 14.5. The summed E-state index contributed by atoms with van der Waals surface area (Å²) in [4.78, 5) is 30.4. The van der Waals surface area contributed by atoms with Crippen LogP contribution in [0.1, 0.15) is 15.9 Å². The summed E-state index contributed by atoms with van der Waals surface area (Å²) in [5, 5.41) is 11.5. The highest BCUT2D eigenvalue weighted by atomic mass is 19.1. The summed E-state index contributed by atoms with van der Waals surface area (Å²) in [5.74, 6) is -1.85. The molecule has 0 aliphatic heterocycles. The average molecular weight is 383 g/mol. The number of nitrogens with zero attached hydrogens (tertiary/aromatic N) is 3. The third-order valence-corrected chi connectivity index (χ3v) is 3.62. The van der Waals surface area contributed by atoms with Crippen molar-refractivity contribution >= 4 is 17.4 Å². The fraction of sp³-hybridized carbons (Fsp3) is 0.0556. The summed E-state index contributed by atoms with van der Waals surface area (Å²) in [6.07, 6.45) is 1.04. The number of aromatic nitrogens is 2. The van der Waals surface area contributed by atoms with Gasteiger partial charge in [0.05, 0.1) is 10.5 Å². The molecule has 0 saturated heterocycles. The van der Waals surface area contributed by atoms with E-state index in [1.165, 1.54) is 18.2 Å². The van der Waals surface area contributed by atoms with E-state index in [4.69, 9.17) is 4.74 Å². The van der Waals surface area contributed by atoms with Crippen molar-refractivity contribution in [3.63, 3.8) is 0 Å². The molecular weight excluding hydrogens is 369 g/mol. The van der Waals surface area contributed by atoms with Crippen LogP contribution in [0.4, 0.5) is 15.9 Å². The van der Waals surface area contributed by atoms with Crippen molar-refractivity contribution in [2.45, 2.75) is 6.92 Å². The number of anilines is 1. The van der Waals surface area contributed by atoms with Gasteiger partial charge in [0.25, 0.3) is 5.91 Å². The molecule has 9 nitrogen and oxygen atoms in total. The molecular formula is C18H14FN5O4. The number of benzene rings is 2. The lowest BCUT2D eigenvalue weighted by Gasteiger charge is -2.10. The standard InChI is InChI=1S/C18H14FN5O4/c1-11-6-8-12(9-7-11)28-18-15(24(26)27)16(20-10-21-18)22-23-17(25)13-4-2-3-5-14(13)19/h2-10H,1H3,(H,23,25)(H,20,21,22). The lowest BCUT2D eigenvalue weighted by Crippen LogP contribution is -2.31. The second-order valence-electron chi connectivity index (χ2n) is 5.61. The third-order valence-electron chi connectivity index (χ3n) is 3.62. The summed E-state index contributed by atoms with van der Waals surface area (Å²) in [5.41, 5.74) is 4.66. The van der Waals surface area contributed by atoms with Crippen LogP contribution in [0.25, 0.3) is 0 Å². The largest absolute Gasteiger partial charge is 0.434 e. The van der Waals surface area contributed by atoms with Crippen LogP contribution < -0.4 is 15.6 Å². The Morgan fingerprint density at radius 2 is 1.86 bits per heavy atom. The molecule has 2 aromatic carbocycles. The van der Waals surface area contributed by atoms with E-state index in [2.05, 4.69) is 20.8 Å². The second kappa shape index (κ2) is 8.08. The Hall–Kier alpha value is -4.08. The molecule has 2 N–H and O–H groups in total. The van der Waals surface area contributed by atoms with E-state index < -0.39 is 22.3 Å². The first-order valence-corrected chi connectivity index (χ1v) is 8.00. The zero-order chi connectivity index (χ0) is 20.1. The maximum absolute atomic E-state index is 13.7. The smallest absolute Gasteiger partial charge is 0.374 e. The molecule has 0 bridgehead atoms. The SMILES string of the molecule is Cc1ccc(Oc2ncnc(NNC(=O)c3ccccc3F)c2[N+](=O)[O-])cc1. The highest BCUT2D eigenvalue weighted by molar-refractivity contribution is 5.95. The number of nitro groups is 1. The monoisotopic (exact) mass is 383 g/mol. The summed E-state index contributed by atoms with van der Waals surface area (Å²) in [7, 11) is 0. The number of hydrogen-bond acceptors (Lipinski definition) is 7. The van der Waals surface area contributed by atoms with Crippen LogP contribution in [0.15, 0.2) is 54.9 Å². The lowest BCUT2D eigenvalue weighted by atomic mass is 10.2. The fourth-order valence-corrected chi connectivity index (χ4v) is 2.24. The minimum atomic E-state index is -0.827. The number of hydrazine groups is 1. The van der Waals surface area contributed by atoms with E-state index in [1.807, 2.05) is 6.92 Å². The Balaban J connectivity index is 1.83. The van der Waals surface area contributed by atoms with E-state index in [0.717, 1.165) is 18.0 Å². The molecule has 1 aromatic heterocycles. The van der Waals surface area contributed by atoms with Gasteiger partial charge in [-0.2, -0.15) is 4.98 Å². The topological polar surface area (TPSA) is 119 Å². The van der Waals surface area contributed by atoms with Crippen LogP contribution in [-0.2, 0) is 0 Å². The molecule has 0 atom stereocenters. The van der Waals surface area contributed by atoms with E-state index in [1.54, 1.807) is 24.3 Å². The van der Waals surface area contributed by atoms with Crippen molar-refractivity contribution in [2.75, 3.05) is 5.43 Å². The number of rotatable bonds is 6. The average Bonchev–Trinajstić information content (AvgIpc) is 2.68. The minimum Gasteiger partial charge on any atom is -0.434 e. The Kier molecular flexibility index (Phi) is 5.40. The Bertz CT molecular complexity index is 1030. The molecule has 28 heavy (non-hydrogen) atoms. The number of carbonyl (C=O) groups is 1. The molecule has 0 aliphatic carbocycles. The van der Waals surface area contributed by atoms with Crippen molar-refractivity contribution in [1.29, 1.82) is 0 Å². The predicted octanol–water partition coefficient (Wildman–Crippen LogP) is 3.38. The van der Waals surface area contributed by atoms with Gasteiger partial charge in [0, 0.05) is 0 Å². The van der Waals surface area contributed by atoms with Gasteiger partial charge in [-0.3, -0.25) is 25.8 Å². The number of amides is 1.